The van der Waals surface area contributed by atoms with Crippen molar-refractivity contribution in [1.82, 2.24) is 19.7 Å². The van der Waals surface area contributed by atoms with Gasteiger partial charge in [0.25, 0.3) is 0 Å². The van der Waals surface area contributed by atoms with Gasteiger partial charge < -0.3 is 10.2 Å². The molecule has 4 rings (SSSR count). The van der Waals surface area contributed by atoms with Crippen molar-refractivity contribution in [1.29, 1.82) is 0 Å². The van der Waals surface area contributed by atoms with Crippen LogP contribution in [0.3, 0.4) is 0 Å². The molecule has 3 aromatic rings. The van der Waals surface area contributed by atoms with Crippen molar-refractivity contribution >= 4 is 11.7 Å². The molecule has 0 spiro atoms. The molecule has 132 valence electrons. The summed E-state index contributed by atoms with van der Waals surface area (Å²) in [5.41, 5.74) is 2.86. The summed E-state index contributed by atoms with van der Waals surface area (Å²) in [7, 11) is 1.84. The SMILES string of the molecule is CC1CN(C(=O)Nc2ccc(-c3ncn(C)n3)cc2)C1c1ccccc1. The number of nitrogens with one attached hydrogen (secondary N) is 1. The van der Waals surface area contributed by atoms with Crippen LogP contribution < -0.4 is 5.32 Å². The number of carbonyl (C=O) groups excluding carboxylic acids is 1. The zero-order valence-corrected chi connectivity index (χ0v) is 14.8. The van der Waals surface area contributed by atoms with Crippen molar-refractivity contribution in [2.75, 3.05) is 11.9 Å². The normalized spacial score (nSPS) is 19.1. The highest BCUT2D eigenvalue weighted by atomic mass is 16.2. The fraction of sp³-hybridized carbons (Fsp3) is 0.250. The first-order valence-corrected chi connectivity index (χ1v) is 8.70. The van der Waals surface area contributed by atoms with Gasteiger partial charge in [-0.1, -0.05) is 37.3 Å². The lowest BCUT2D eigenvalue weighted by Crippen LogP contribution is -2.53. The predicted octanol–water partition coefficient (Wildman–Crippen LogP) is 3.71. The molecule has 1 fully saturated rings. The van der Waals surface area contributed by atoms with Crippen LogP contribution in [0.5, 0.6) is 0 Å². The first-order chi connectivity index (χ1) is 12.6. The monoisotopic (exact) mass is 347 g/mol. The zero-order valence-electron chi connectivity index (χ0n) is 14.8. The maximum atomic E-state index is 12.7. The molecule has 6 nitrogen and oxygen atoms in total. The Morgan fingerprint density at radius 2 is 1.85 bits per heavy atom. The van der Waals surface area contributed by atoms with Crippen molar-refractivity contribution in [3.05, 3.63) is 66.5 Å². The fourth-order valence-corrected chi connectivity index (χ4v) is 3.43. The van der Waals surface area contributed by atoms with Crippen LogP contribution in [0.15, 0.2) is 60.9 Å². The third-order valence-corrected chi connectivity index (χ3v) is 4.76. The summed E-state index contributed by atoms with van der Waals surface area (Å²) in [6, 6.07) is 17.8. The zero-order chi connectivity index (χ0) is 18.1. The standard InChI is InChI=1S/C20H21N5O/c1-14-12-25(18(14)15-6-4-3-5-7-15)20(26)22-17-10-8-16(9-11-17)19-21-13-24(2)23-19/h3-11,13-14,18H,12H2,1-2H3,(H,22,26). The topological polar surface area (TPSA) is 63.1 Å². The minimum atomic E-state index is -0.0688. The summed E-state index contributed by atoms with van der Waals surface area (Å²) in [6.45, 7) is 2.94. The molecule has 0 bridgehead atoms. The largest absolute Gasteiger partial charge is 0.322 e. The number of hydrogen-bond donors (Lipinski definition) is 1. The average Bonchev–Trinajstić information content (AvgIpc) is 3.07. The van der Waals surface area contributed by atoms with Crippen molar-refractivity contribution in [2.45, 2.75) is 13.0 Å². The number of likely N-dealkylation sites (tertiary alicyclic amines) is 1. The van der Waals surface area contributed by atoms with E-state index >= 15 is 0 Å². The van der Waals surface area contributed by atoms with Crippen LogP contribution in [0.1, 0.15) is 18.5 Å². The lowest BCUT2D eigenvalue weighted by Gasteiger charge is -2.46. The van der Waals surface area contributed by atoms with E-state index in [0.29, 0.717) is 11.7 Å². The van der Waals surface area contributed by atoms with Crippen LogP contribution in [0, 0.1) is 5.92 Å². The molecule has 1 aliphatic heterocycles. The number of aromatic nitrogens is 3. The van der Waals surface area contributed by atoms with Gasteiger partial charge in [0.2, 0.25) is 0 Å². The Bertz CT molecular complexity index is 903. The van der Waals surface area contributed by atoms with Gasteiger partial charge in [-0.05, 0) is 35.7 Å². The molecule has 0 aliphatic carbocycles. The molecular formula is C20H21N5O. The molecular weight excluding hydrogens is 326 g/mol. The van der Waals surface area contributed by atoms with E-state index in [1.807, 2.05) is 54.4 Å². The van der Waals surface area contributed by atoms with Crippen molar-refractivity contribution in [3.63, 3.8) is 0 Å². The summed E-state index contributed by atoms with van der Waals surface area (Å²) in [5, 5.41) is 7.27. The molecule has 0 saturated carbocycles. The maximum Gasteiger partial charge on any atom is 0.322 e. The molecule has 1 aliphatic rings. The van der Waals surface area contributed by atoms with Crippen LogP contribution in [0.4, 0.5) is 10.5 Å². The van der Waals surface area contributed by atoms with Crippen molar-refractivity contribution in [2.24, 2.45) is 13.0 Å². The fourth-order valence-electron chi connectivity index (χ4n) is 3.43. The van der Waals surface area contributed by atoms with Gasteiger partial charge in [0.15, 0.2) is 5.82 Å². The third kappa shape index (κ3) is 3.06. The molecule has 2 heterocycles. The average molecular weight is 347 g/mol. The molecule has 0 radical (unpaired) electrons. The first kappa shape index (κ1) is 16.3. The van der Waals surface area contributed by atoms with Crippen LogP contribution in [-0.4, -0.2) is 32.2 Å². The predicted molar refractivity (Wildman–Crippen MR) is 101 cm³/mol. The van der Waals surface area contributed by atoms with Gasteiger partial charge in [-0.3, -0.25) is 4.68 Å². The Morgan fingerprint density at radius 3 is 2.46 bits per heavy atom. The molecule has 2 amide bonds. The molecule has 1 N–H and O–H groups in total. The number of rotatable bonds is 3. The number of aryl methyl sites for hydroxylation is 1. The van der Waals surface area contributed by atoms with Gasteiger partial charge in [-0.2, -0.15) is 5.10 Å². The summed E-state index contributed by atoms with van der Waals surface area (Å²) in [6.07, 6.45) is 1.67. The second kappa shape index (κ2) is 6.63. The molecule has 1 saturated heterocycles. The summed E-state index contributed by atoms with van der Waals surface area (Å²) < 4.78 is 1.67. The minimum Gasteiger partial charge on any atom is -0.317 e. The number of carbonyl (C=O) groups is 1. The number of benzene rings is 2. The molecule has 2 aromatic carbocycles. The van der Waals surface area contributed by atoms with E-state index in [1.165, 1.54) is 5.56 Å². The minimum absolute atomic E-state index is 0.0688. The van der Waals surface area contributed by atoms with Gasteiger partial charge in [-0.15, -0.1) is 0 Å². The van der Waals surface area contributed by atoms with E-state index in [4.69, 9.17) is 0 Å². The number of nitrogens with zero attached hydrogens (tertiary/aromatic N) is 4. The van der Waals surface area contributed by atoms with E-state index in [1.54, 1.807) is 11.0 Å². The van der Waals surface area contributed by atoms with E-state index in [9.17, 15) is 4.79 Å². The second-order valence-electron chi connectivity index (χ2n) is 6.73. The molecule has 1 aromatic heterocycles. The maximum absolute atomic E-state index is 12.7. The molecule has 2 atom stereocenters. The molecule has 26 heavy (non-hydrogen) atoms. The van der Waals surface area contributed by atoms with Crippen LogP contribution >= 0.6 is 0 Å². The van der Waals surface area contributed by atoms with E-state index in [0.717, 1.165) is 17.8 Å². The van der Waals surface area contributed by atoms with Gasteiger partial charge >= 0.3 is 6.03 Å². The number of hydrogen-bond acceptors (Lipinski definition) is 3. The smallest absolute Gasteiger partial charge is 0.317 e. The van der Waals surface area contributed by atoms with Gasteiger partial charge in [0.1, 0.15) is 6.33 Å². The number of anilines is 1. The third-order valence-electron chi connectivity index (χ3n) is 4.76. The lowest BCUT2D eigenvalue weighted by molar-refractivity contribution is 0.0671. The summed E-state index contributed by atoms with van der Waals surface area (Å²) >= 11 is 0. The second-order valence-corrected chi connectivity index (χ2v) is 6.73. The van der Waals surface area contributed by atoms with Gasteiger partial charge in [-0.25, -0.2) is 9.78 Å². The Labute approximate surface area is 152 Å². The van der Waals surface area contributed by atoms with Gasteiger partial charge in [0, 0.05) is 24.8 Å². The van der Waals surface area contributed by atoms with E-state index in [-0.39, 0.29) is 12.1 Å². The summed E-state index contributed by atoms with van der Waals surface area (Å²) in [5.74, 6) is 1.13. The summed E-state index contributed by atoms with van der Waals surface area (Å²) in [4.78, 5) is 18.8. The Kier molecular flexibility index (Phi) is 4.16. The number of amides is 2. The Balaban J connectivity index is 1.45. The van der Waals surface area contributed by atoms with E-state index in [2.05, 4.69) is 34.5 Å². The Morgan fingerprint density at radius 1 is 1.12 bits per heavy atom. The van der Waals surface area contributed by atoms with Crippen LogP contribution in [-0.2, 0) is 7.05 Å². The highest BCUT2D eigenvalue weighted by molar-refractivity contribution is 5.90. The van der Waals surface area contributed by atoms with Crippen molar-refractivity contribution in [3.8, 4) is 11.4 Å². The Hall–Kier alpha value is -3.15. The highest BCUT2D eigenvalue weighted by Crippen LogP contribution is 2.38. The molecule has 6 heteroatoms. The van der Waals surface area contributed by atoms with Crippen LogP contribution in [0.2, 0.25) is 0 Å². The highest BCUT2D eigenvalue weighted by Gasteiger charge is 2.39. The van der Waals surface area contributed by atoms with E-state index < -0.39 is 0 Å². The number of urea groups is 1. The van der Waals surface area contributed by atoms with Crippen molar-refractivity contribution < 1.29 is 4.79 Å². The first-order valence-electron chi connectivity index (χ1n) is 8.70. The lowest BCUT2D eigenvalue weighted by atomic mass is 9.85. The quantitative estimate of drug-likeness (QED) is 0.786. The molecule has 2 unspecified atom stereocenters. The van der Waals surface area contributed by atoms with Gasteiger partial charge in [0.05, 0.1) is 6.04 Å². The van der Waals surface area contributed by atoms with Crippen LogP contribution in [0.25, 0.3) is 11.4 Å².